The number of hydrogen-bond acceptors (Lipinski definition) is 6. The van der Waals surface area contributed by atoms with Crippen LogP contribution in [0.2, 0.25) is 5.02 Å². The number of nitrogens with zero attached hydrogens (tertiary/aromatic N) is 2. The molecule has 0 bridgehead atoms. The van der Waals surface area contributed by atoms with Gasteiger partial charge in [0, 0.05) is 30.1 Å². The minimum Gasteiger partial charge on any atom is -0.486 e. The molecule has 1 aliphatic rings. The first-order chi connectivity index (χ1) is 22.7. The number of ether oxygens (including phenoxy) is 2. The van der Waals surface area contributed by atoms with Crippen molar-refractivity contribution in [2.75, 3.05) is 24.1 Å². The summed E-state index contributed by atoms with van der Waals surface area (Å²) in [6.45, 7) is 3.92. The summed E-state index contributed by atoms with van der Waals surface area (Å²) < 4.78 is 40.9. The number of amides is 2. The zero-order valence-electron chi connectivity index (χ0n) is 26.3. The average Bonchev–Trinajstić information content (AvgIpc) is 3.09. The lowest BCUT2D eigenvalue weighted by atomic mass is 10.0. The Kier molecular flexibility index (Phi) is 11.1. The molecule has 1 N–H and O–H groups in total. The molecule has 2 atom stereocenters. The van der Waals surface area contributed by atoms with Gasteiger partial charge in [0.15, 0.2) is 11.5 Å². The molecule has 47 heavy (non-hydrogen) atoms. The van der Waals surface area contributed by atoms with Crippen LogP contribution in [0.15, 0.2) is 108 Å². The molecule has 0 saturated heterocycles. The lowest BCUT2D eigenvalue weighted by Gasteiger charge is -2.34. The second kappa shape index (κ2) is 15.4. The van der Waals surface area contributed by atoms with Crippen LogP contribution in [-0.2, 0) is 32.6 Å². The van der Waals surface area contributed by atoms with Crippen molar-refractivity contribution in [3.63, 3.8) is 0 Å². The molecule has 0 unspecified atom stereocenters. The standard InChI is InChI=1S/C36H38ClN3O6S/c1-3-26(2)38-36(42)32(22-27-12-6-4-7-13-27)39(24-28-14-10-11-17-31(28)37)35(41)25-40(47(43,44)30-15-8-5-9-16-30)29-18-19-33-34(23-29)46-21-20-45-33/h4-19,23,26,32H,3,20-22,24-25H2,1-2H3,(H,38,42)/t26-,32-/m1/s1. The Bertz CT molecular complexity index is 1790. The SMILES string of the molecule is CC[C@@H](C)NC(=O)[C@@H](Cc1ccccc1)N(Cc1ccccc1Cl)C(=O)CN(c1ccc2c(c1)OCCO2)S(=O)(=O)c1ccccc1. The van der Waals surface area contributed by atoms with E-state index in [1.54, 1.807) is 60.7 Å². The molecule has 1 heterocycles. The van der Waals surface area contributed by atoms with Gasteiger partial charge in [0.25, 0.3) is 10.0 Å². The summed E-state index contributed by atoms with van der Waals surface area (Å²) in [5.74, 6) is -0.0782. The molecule has 11 heteroatoms. The number of nitrogens with one attached hydrogen (secondary N) is 1. The highest BCUT2D eigenvalue weighted by Gasteiger charge is 2.35. The number of halogens is 1. The fraction of sp³-hybridized carbons (Fsp3) is 0.278. The Morgan fingerprint density at radius 3 is 2.19 bits per heavy atom. The monoisotopic (exact) mass is 675 g/mol. The molecule has 5 rings (SSSR count). The Morgan fingerprint density at radius 1 is 0.872 bits per heavy atom. The summed E-state index contributed by atoms with van der Waals surface area (Å²) in [5, 5.41) is 3.46. The summed E-state index contributed by atoms with van der Waals surface area (Å²) in [5.41, 5.74) is 1.68. The average molecular weight is 676 g/mol. The number of sulfonamides is 1. The van der Waals surface area contributed by atoms with Crippen LogP contribution in [0.4, 0.5) is 5.69 Å². The van der Waals surface area contributed by atoms with Crippen molar-refractivity contribution < 1.29 is 27.5 Å². The molecule has 9 nitrogen and oxygen atoms in total. The van der Waals surface area contributed by atoms with Crippen LogP contribution in [-0.4, -0.2) is 57.0 Å². The van der Waals surface area contributed by atoms with Crippen LogP contribution in [0.25, 0.3) is 0 Å². The summed E-state index contributed by atoms with van der Waals surface area (Å²) >= 11 is 6.58. The number of carbonyl (C=O) groups is 2. The van der Waals surface area contributed by atoms with Crippen molar-refractivity contribution >= 4 is 39.1 Å². The van der Waals surface area contributed by atoms with E-state index in [-0.39, 0.29) is 35.5 Å². The number of benzene rings is 4. The first-order valence-electron chi connectivity index (χ1n) is 15.5. The van der Waals surface area contributed by atoms with Gasteiger partial charge in [-0.05, 0) is 54.8 Å². The highest BCUT2D eigenvalue weighted by Crippen LogP contribution is 2.36. The molecule has 2 amide bonds. The van der Waals surface area contributed by atoms with E-state index in [0.717, 1.165) is 9.87 Å². The molecule has 0 aliphatic carbocycles. The van der Waals surface area contributed by atoms with Crippen molar-refractivity contribution in [3.8, 4) is 11.5 Å². The van der Waals surface area contributed by atoms with Crippen LogP contribution in [0.3, 0.4) is 0 Å². The van der Waals surface area contributed by atoms with Crippen molar-refractivity contribution in [3.05, 3.63) is 119 Å². The number of rotatable bonds is 13. The first kappa shape index (κ1) is 33.8. The number of hydrogen-bond donors (Lipinski definition) is 1. The predicted molar refractivity (Wildman–Crippen MR) is 182 cm³/mol. The van der Waals surface area contributed by atoms with Gasteiger partial charge in [-0.3, -0.25) is 13.9 Å². The van der Waals surface area contributed by atoms with Crippen molar-refractivity contribution in [2.24, 2.45) is 0 Å². The molecule has 0 fully saturated rings. The molecule has 1 aliphatic heterocycles. The van der Waals surface area contributed by atoms with Gasteiger partial charge in [-0.15, -0.1) is 0 Å². The molecule has 0 radical (unpaired) electrons. The zero-order valence-corrected chi connectivity index (χ0v) is 27.9. The van der Waals surface area contributed by atoms with Gasteiger partial charge >= 0.3 is 0 Å². The summed E-state index contributed by atoms with van der Waals surface area (Å²) in [6.07, 6.45) is 0.893. The fourth-order valence-electron chi connectivity index (χ4n) is 5.24. The third kappa shape index (κ3) is 8.25. The molecule has 246 valence electrons. The van der Waals surface area contributed by atoms with Crippen molar-refractivity contribution in [1.29, 1.82) is 0 Å². The van der Waals surface area contributed by atoms with E-state index < -0.39 is 28.5 Å². The Hall–Kier alpha value is -4.54. The van der Waals surface area contributed by atoms with E-state index >= 15 is 0 Å². The Balaban J connectivity index is 1.59. The summed E-state index contributed by atoms with van der Waals surface area (Å²) in [7, 11) is -4.26. The second-order valence-corrected chi connectivity index (χ2v) is 13.6. The van der Waals surface area contributed by atoms with Crippen molar-refractivity contribution in [1.82, 2.24) is 10.2 Å². The van der Waals surface area contributed by atoms with E-state index in [0.29, 0.717) is 41.7 Å². The molecular weight excluding hydrogens is 638 g/mol. The first-order valence-corrected chi connectivity index (χ1v) is 17.3. The van der Waals surface area contributed by atoms with E-state index in [4.69, 9.17) is 21.1 Å². The van der Waals surface area contributed by atoms with E-state index in [2.05, 4.69) is 5.32 Å². The third-order valence-corrected chi connectivity index (χ3v) is 10.2. The van der Waals surface area contributed by atoms with Crippen molar-refractivity contribution in [2.45, 2.75) is 50.2 Å². The van der Waals surface area contributed by atoms with Crippen LogP contribution in [0.1, 0.15) is 31.4 Å². The lowest BCUT2D eigenvalue weighted by molar-refractivity contribution is -0.140. The van der Waals surface area contributed by atoms with Crippen LogP contribution in [0.5, 0.6) is 11.5 Å². The highest BCUT2D eigenvalue weighted by molar-refractivity contribution is 7.92. The smallest absolute Gasteiger partial charge is 0.264 e. The molecule has 4 aromatic rings. The van der Waals surface area contributed by atoms with Gasteiger partial charge in [-0.2, -0.15) is 0 Å². The third-order valence-electron chi connectivity index (χ3n) is 7.99. The number of fused-ring (bicyclic) bond motifs is 1. The number of anilines is 1. The predicted octanol–water partition coefficient (Wildman–Crippen LogP) is 5.86. The maximum Gasteiger partial charge on any atom is 0.264 e. The van der Waals surface area contributed by atoms with Crippen LogP contribution in [0, 0.1) is 0 Å². The Labute approximate surface area is 281 Å². The number of carbonyl (C=O) groups excluding carboxylic acids is 2. The quantitative estimate of drug-likeness (QED) is 0.190. The normalized spacial score (nSPS) is 13.7. The maximum absolute atomic E-state index is 14.6. The minimum absolute atomic E-state index is 0.00990. The van der Waals surface area contributed by atoms with Gasteiger partial charge in [-0.1, -0.05) is 85.3 Å². The molecular formula is C36H38ClN3O6S. The topological polar surface area (TPSA) is 105 Å². The van der Waals surface area contributed by atoms with E-state index in [1.165, 1.54) is 17.0 Å². The van der Waals surface area contributed by atoms with Crippen LogP contribution >= 0.6 is 11.6 Å². The van der Waals surface area contributed by atoms with E-state index in [9.17, 15) is 18.0 Å². The van der Waals surface area contributed by atoms with Crippen LogP contribution < -0.4 is 19.1 Å². The second-order valence-electron chi connectivity index (χ2n) is 11.3. The fourth-order valence-corrected chi connectivity index (χ4v) is 6.86. The van der Waals surface area contributed by atoms with E-state index in [1.807, 2.05) is 44.2 Å². The van der Waals surface area contributed by atoms with Gasteiger partial charge in [0.2, 0.25) is 11.8 Å². The minimum atomic E-state index is -4.26. The van der Waals surface area contributed by atoms with Gasteiger partial charge < -0.3 is 19.7 Å². The molecule has 0 saturated carbocycles. The Morgan fingerprint density at radius 2 is 1.51 bits per heavy atom. The highest BCUT2D eigenvalue weighted by atomic mass is 35.5. The maximum atomic E-state index is 14.6. The molecule has 4 aromatic carbocycles. The van der Waals surface area contributed by atoms with Gasteiger partial charge in [0.1, 0.15) is 25.8 Å². The molecule has 0 spiro atoms. The summed E-state index contributed by atoms with van der Waals surface area (Å²) in [6, 6.07) is 28.0. The largest absolute Gasteiger partial charge is 0.486 e. The zero-order chi connectivity index (χ0) is 33.4. The summed E-state index contributed by atoms with van der Waals surface area (Å²) in [4.78, 5) is 30.1. The van der Waals surface area contributed by atoms with Gasteiger partial charge in [0.05, 0.1) is 10.6 Å². The van der Waals surface area contributed by atoms with Gasteiger partial charge in [-0.25, -0.2) is 8.42 Å². The molecule has 0 aromatic heterocycles. The lowest BCUT2D eigenvalue weighted by Crippen LogP contribution is -2.54.